The highest BCUT2D eigenvalue weighted by molar-refractivity contribution is 6.30. The first-order chi connectivity index (χ1) is 12.0. The van der Waals surface area contributed by atoms with Gasteiger partial charge in [0.05, 0.1) is 6.54 Å². The largest absolute Gasteiger partial charge is 0.384 e. The lowest BCUT2D eigenvalue weighted by atomic mass is 9.96. The summed E-state index contributed by atoms with van der Waals surface area (Å²) in [7, 11) is 0. The van der Waals surface area contributed by atoms with E-state index in [9.17, 15) is 9.90 Å². The maximum absolute atomic E-state index is 12.4. The number of aliphatic hydroxyl groups is 1. The van der Waals surface area contributed by atoms with E-state index < -0.39 is 5.60 Å². The Balaban J connectivity index is 1.70. The first-order valence-electron chi connectivity index (χ1n) is 7.96. The van der Waals surface area contributed by atoms with Gasteiger partial charge in [0.2, 0.25) is 0 Å². The molecule has 0 bridgehead atoms. The second-order valence-corrected chi connectivity index (χ2v) is 6.54. The zero-order chi connectivity index (χ0) is 17.9. The molecule has 0 aliphatic rings. The number of nitrogens with one attached hydrogen (secondary N) is 1. The predicted molar refractivity (Wildman–Crippen MR) is 99.1 cm³/mol. The van der Waals surface area contributed by atoms with Gasteiger partial charge in [0.1, 0.15) is 5.60 Å². The minimum Gasteiger partial charge on any atom is -0.384 e. The standard InChI is InChI=1S/C20H19ClN2O2/c1-20(25,16-7-9-17(21)10-8-16)14-22-19(24)15-5-4-6-18(13-15)23-11-2-3-12-23/h2-13,25H,14H2,1H3,(H,22,24). The van der Waals surface area contributed by atoms with Crippen molar-refractivity contribution in [1.82, 2.24) is 9.88 Å². The summed E-state index contributed by atoms with van der Waals surface area (Å²) in [5, 5.41) is 14.0. The fourth-order valence-electron chi connectivity index (χ4n) is 2.58. The Bertz CT molecular complexity index is 856. The van der Waals surface area contributed by atoms with Crippen LogP contribution in [0.1, 0.15) is 22.8 Å². The monoisotopic (exact) mass is 354 g/mol. The van der Waals surface area contributed by atoms with Gasteiger partial charge in [-0.25, -0.2) is 0 Å². The summed E-state index contributed by atoms with van der Waals surface area (Å²) in [4.78, 5) is 12.4. The van der Waals surface area contributed by atoms with Crippen molar-refractivity contribution in [3.8, 4) is 5.69 Å². The van der Waals surface area contributed by atoms with Crippen molar-refractivity contribution in [3.05, 3.63) is 89.2 Å². The molecular formula is C20H19ClN2O2. The van der Waals surface area contributed by atoms with Crippen LogP contribution in [-0.2, 0) is 5.60 Å². The molecule has 1 unspecified atom stereocenters. The first-order valence-corrected chi connectivity index (χ1v) is 8.33. The minimum absolute atomic E-state index is 0.0984. The lowest BCUT2D eigenvalue weighted by molar-refractivity contribution is 0.0526. The van der Waals surface area contributed by atoms with Gasteiger partial charge in [0.25, 0.3) is 5.91 Å². The van der Waals surface area contributed by atoms with E-state index >= 15 is 0 Å². The van der Waals surface area contributed by atoms with E-state index in [0.717, 1.165) is 5.69 Å². The Morgan fingerprint density at radius 3 is 2.48 bits per heavy atom. The van der Waals surface area contributed by atoms with Crippen LogP contribution in [0.3, 0.4) is 0 Å². The maximum Gasteiger partial charge on any atom is 0.251 e. The molecule has 1 amide bonds. The van der Waals surface area contributed by atoms with E-state index in [0.29, 0.717) is 16.1 Å². The summed E-state index contributed by atoms with van der Waals surface area (Å²) in [6, 6.07) is 18.1. The Labute approximate surface area is 151 Å². The molecule has 128 valence electrons. The summed E-state index contributed by atoms with van der Waals surface area (Å²) in [6.45, 7) is 1.76. The number of halogens is 1. The average molecular weight is 355 g/mol. The van der Waals surface area contributed by atoms with Crippen LogP contribution in [0, 0.1) is 0 Å². The van der Waals surface area contributed by atoms with E-state index in [2.05, 4.69) is 5.32 Å². The summed E-state index contributed by atoms with van der Waals surface area (Å²) in [6.07, 6.45) is 3.84. The van der Waals surface area contributed by atoms with Crippen LogP contribution in [0.5, 0.6) is 0 Å². The third kappa shape index (κ3) is 4.10. The van der Waals surface area contributed by atoms with Crippen molar-refractivity contribution >= 4 is 17.5 Å². The molecule has 2 N–H and O–H groups in total. The van der Waals surface area contributed by atoms with Gasteiger partial charge >= 0.3 is 0 Å². The fourth-order valence-corrected chi connectivity index (χ4v) is 2.71. The Hall–Kier alpha value is -2.56. The highest BCUT2D eigenvalue weighted by atomic mass is 35.5. The number of carbonyl (C=O) groups is 1. The van der Waals surface area contributed by atoms with Crippen LogP contribution in [0.15, 0.2) is 73.1 Å². The average Bonchev–Trinajstić information content (AvgIpc) is 3.15. The minimum atomic E-state index is -1.18. The number of carbonyl (C=O) groups excluding carboxylic acids is 1. The van der Waals surface area contributed by atoms with Crippen LogP contribution in [0.25, 0.3) is 5.69 Å². The molecular weight excluding hydrogens is 336 g/mol. The third-order valence-electron chi connectivity index (χ3n) is 4.07. The van der Waals surface area contributed by atoms with Crippen molar-refractivity contribution in [3.63, 3.8) is 0 Å². The van der Waals surface area contributed by atoms with E-state index in [-0.39, 0.29) is 12.5 Å². The molecule has 2 aromatic carbocycles. The van der Waals surface area contributed by atoms with Crippen molar-refractivity contribution < 1.29 is 9.90 Å². The second kappa shape index (κ2) is 7.13. The molecule has 1 atom stereocenters. The van der Waals surface area contributed by atoms with E-state index in [1.54, 1.807) is 37.3 Å². The van der Waals surface area contributed by atoms with Crippen molar-refractivity contribution in [1.29, 1.82) is 0 Å². The van der Waals surface area contributed by atoms with Crippen molar-refractivity contribution in [2.24, 2.45) is 0 Å². The topological polar surface area (TPSA) is 54.3 Å². The summed E-state index contributed by atoms with van der Waals surface area (Å²) in [5.41, 5.74) is 0.955. The lowest BCUT2D eigenvalue weighted by Gasteiger charge is -2.24. The number of hydrogen-bond acceptors (Lipinski definition) is 2. The van der Waals surface area contributed by atoms with Gasteiger partial charge < -0.3 is 15.0 Å². The van der Waals surface area contributed by atoms with Gasteiger partial charge in [0, 0.05) is 28.7 Å². The normalized spacial score (nSPS) is 13.2. The maximum atomic E-state index is 12.4. The number of amides is 1. The molecule has 25 heavy (non-hydrogen) atoms. The Morgan fingerprint density at radius 2 is 1.80 bits per heavy atom. The second-order valence-electron chi connectivity index (χ2n) is 6.10. The highest BCUT2D eigenvalue weighted by Crippen LogP contribution is 2.22. The van der Waals surface area contributed by atoms with E-state index in [1.165, 1.54) is 0 Å². The van der Waals surface area contributed by atoms with Crippen molar-refractivity contribution in [2.75, 3.05) is 6.54 Å². The summed E-state index contributed by atoms with van der Waals surface area (Å²) >= 11 is 5.87. The molecule has 0 spiro atoms. The van der Waals surface area contributed by atoms with Crippen LogP contribution < -0.4 is 5.32 Å². The molecule has 4 nitrogen and oxygen atoms in total. The van der Waals surface area contributed by atoms with Gasteiger partial charge in [-0.3, -0.25) is 4.79 Å². The molecule has 0 saturated heterocycles. The number of aromatic nitrogens is 1. The molecule has 5 heteroatoms. The number of nitrogens with zero attached hydrogens (tertiary/aromatic N) is 1. The number of rotatable bonds is 5. The van der Waals surface area contributed by atoms with Crippen LogP contribution >= 0.6 is 11.6 Å². The quantitative estimate of drug-likeness (QED) is 0.732. The first kappa shape index (κ1) is 17.3. The smallest absolute Gasteiger partial charge is 0.251 e. The zero-order valence-electron chi connectivity index (χ0n) is 13.8. The summed E-state index contributed by atoms with van der Waals surface area (Å²) in [5.74, 6) is -0.233. The Morgan fingerprint density at radius 1 is 1.12 bits per heavy atom. The number of hydrogen-bond donors (Lipinski definition) is 2. The van der Waals surface area contributed by atoms with E-state index in [4.69, 9.17) is 11.6 Å². The predicted octanol–water partition coefficient (Wildman–Crippen LogP) is 3.77. The van der Waals surface area contributed by atoms with Gasteiger partial charge in [0.15, 0.2) is 0 Å². The molecule has 1 heterocycles. The Kier molecular flexibility index (Phi) is 4.93. The van der Waals surface area contributed by atoms with Crippen LogP contribution in [0.4, 0.5) is 0 Å². The summed E-state index contributed by atoms with van der Waals surface area (Å²) < 4.78 is 1.93. The van der Waals surface area contributed by atoms with E-state index in [1.807, 2.05) is 47.3 Å². The molecule has 1 aromatic heterocycles. The number of benzene rings is 2. The molecule has 3 aromatic rings. The van der Waals surface area contributed by atoms with Gasteiger partial charge in [-0.15, -0.1) is 0 Å². The molecule has 0 saturated carbocycles. The molecule has 0 aliphatic heterocycles. The highest BCUT2D eigenvalue weighted by Gasteiger charge is 2.24. The fraction of sp³-hybridized carbons (Fsp3) is 0.150. The molecule has 0 aliphatic carbocycles. The van der Waals surface area contributed by atoms with Gasteiger partial charge in [-0.05, 0) is 55.0 Å². The molecule has 0 fully saturated rings. The van der Waals surface area contributed by atoms with Crippen LogP contribution in [-0.4, -0.2) is 22.1 Å². The zero-order valence-corrected chi connectivity index (χ0v) is 14.6. The third-order valence-corrected chi connectivity index (χ3v) is 4.32. The molecule has 3 rings (SSSR count). The van der Waals surface area contributed by atoms with Crippen molar-refractivity contribution in [2.45, 2.75) is 12.5 Å². The SMILES string of the molecule is CC(O)(CNC(=O)c1cccc(-n2cccc2)c1)c1ccc(Cl)cc1. The van der Waals surface area contributed by atoms with Gasteiger partial charge in [-0.2, -0.15) is 0 Å². The van der Waals surface area contributed by atoms with Crippen LogP contribution in [0.2, 0.25) is 5.02 Å². The lowest BCUT2D eigenvalue weighted by Crippen LogP contribution is -2.38. The molecule has 0 radical (unpaired) electrons. The van der Waals surface area contributed by atoms with Gasteiger partial charge in [-0.1, -0.05) is 29.8 Å².